The zero-order valence-corrected chi connectivity index (χ0v) is 22.5. The van der Waals surface area contributed by atoms with Gasteiger partial charge in [-0.25, -0.2) is 12.8 Å². The standard InChI is InChI=1S/C27H31ClFN3O4S/c1-4-37(35,36)22-11-7-19(8-12-22)24(16-33)32-27(34)20-13-23(29)26(31-15-20)25(17(2)3)30-14-18-5-9-21(28)10-6-18/h5-13,15,17,24-25,30,33H,4,14,16H2,1-3H3,(H,32,34). The van der Waals surface area contributed by atoms with Gasteiger partial charge in [0.25, 0.3) is 5.91 Å². The van der Waals surface area contributed by atoms with Crippen molar-refractivity contribution in [1.29, 1.82) is 0 Å². The van der Waals surface area contributed by atoms with E-state index < -0.39 is 40.3 Å². The second-order valence-corrected chi connectivity index (χ2v) is 11.7. The number of amides is 1. The fourth-order valence-corrected chi connectivity index (χ4v) is 4.84. The molecule has 1 aromatic heterocycles. The highest BCUT2D eigenvalue weighted by Gasteiger charge is 2.23. The zero-order chi connectivity index (χ0) is 27.2. The molecule has 37 heavy (non-hydrogen) atoms. The summed E-state index contributed by atoms with van der Waals surface area (Å²) in [5, 5.41) is 16.4. The van der Waals surface area contributed by atoms with Crippen molar-refractivity contribution in [2.45, 2.75) is 44.3 Å². The molecule has 0 aliphatic carbocycles. The third-order valence-corrected chi connectivity index (χ3v) is 8.04. The van der Waals surface area contributed by atoms with Crippen LogP contribution in [0.5, 0.6) is 0 Å². The average molecular weight is 548 g/mol. The fraction of sp³-hybridized carbons (Fsp3) is 0.333. The second kappa shape index (κ2) is 12.6. The van der Waals surface area contributed by atoms with Gasteiger partial charge < -0.3 is 15.7 Å². The van der Waals surface area contributed by atoms with Crippen LogP contribution in [0.4, 0.5) is 4.39 Å². The van der Waals surface area contributed by atoms with Crippen LogP contribution in [0.15, 0.2) is 65.7 Å². The number of rotatable bonds is 11. The van der Waals surface area contributed by atoms with Crippen molar-refractivity contribution in [2.75, 3.05) is 12.4 Å². The van der Waals surface area contributed by atoms with E-state index in [9.17, 15) is 18.3 Å². The number of benzene rings is 2. The van der Waals surface area contributed by atoms with E-state index in [0.29, 0.717) is 17.1 Å². The maximum absolute atomic E-state index is 15.1. The summed E-state index contributed by atoms with van der Waals surface area (Å²) in [6.07, 6.45) is 1.30. The van der Waals surface area contributed by atoms with E-state index in [1.807, 2.05) is 26.0 Å². The number of hydrogen-bond acceptors (Lipinski definition) is 6. The van der Waals surface area contributed by atoms with E-state index in [2.05, 4.69) is 15.6 Å². The number of halogens is 2. The molecule has 7 nitrogen and oxygen atoms in total. The van der Waals surface area contributed by atoms with Gasteiger partial charge in [-0.15, -0.1) is 0 Å². The monoisotopic (exact) mass is 547 g/mol. The Hall–Kier alpha value is -2.85. The van der Waals surface area contributed by atoms with E-state index >= 15 is 4.39 Å². The van der Waals surface area contributed by atoms with Gasteiger partial charge in [0.2, 0.25) is 0 Å². The Morgan fingerprint density at radius 1 is 1.11 bits per heavy atom. The summed E-state index contributed by atoms with van der Waals surface area (Å²) >= 11 is 5.94. The smallest absolute Gasteiger partial charge is 0.253 e. The van der Waals surface area contributed by atoms with Gasteiger partial charge >= 0.3 is 0 Å². The molecule has 0 saturated heterocycles. The Labute approximate surface area is 222 Å². The maximum Gasteiger partial charge on any atom is 0.253 e. The van der Waals surface area contributed by atoms with E-state index in [1.54, 1.807) is 19.1 Å². The van der Waals surface area contributed by atoms with Gasteiger partial charge in [0.15, 0.2) is 9.84 Å². The number of aliphatic hydroxyl groups excluding tert-OH is 1. The molecule has 3 N–H and O–H groups in total. The first-order valence-corrected chi connectivity index (χ1v) is 14.0. The molecule has 0 aliphatic heterocycles. The molecule has 1 heterocycles. The number of carbonyl (C=O) groups is 1. The number of aliphatic hydroxyl groups is 1. The highest BCUT2D eigenvalue weighted by molar-refractivity contribution is 7.91. The quantitative estimate of drug-likeness (QED) is 0.323. The lowest BCUT2D eigenvalue weighted by atomic mass is 9.98. The molecule has 2 aromatic carbocycles. The first-order valence-electron chi connectivity index (χ1n) is 11.9. The number of sulfone groups is 1. The number of nitrogens with one attached hydrogen (secondary N) is 2. The van der Waals surface area contributed by atoms with Crippen LogP contribution in [-0.4, -0.2) is 36.8 Å². The summed E-state index contributed by atoms with van der Waals surface area (Å²) < 4.78 is 39.2. The van der Waals surface area contributed by atoms with Crippen molar-refractivity contribution < 1.29 is 22.7 Å². The first kappa shape index (κ1) is 28.7. The summed E-state index contributed by atoms with van der Waals surface area (Å²) in [6.45, 7) is 5.51. The Bertz CT molecular complexity index is 1320. The molecule has 0 saturated carbocycles. The lowest BCUT2D eigenvalue weighted by Crippen LogP contribution is -2.31. The molecular weight excluding hydrogens is 517 g/mol. The molecule has 0 bridgehead atoms. The van der Waals surface area contributed by atoms with Crippen LogP contribution in [0.25, 0.3) is 0 Å². The van der Waals surface area contributed by atoms with E-state index in [1.165, 1.54) is 30.5 Å². The predicted octanol–water partition coefficient (Wildman–Crippen LogP) is 4.62. The Morgan fingerprint density at radius 2 is 1.76 bits per heavy atom. The number of pyridine rings is 1. The van der Waals surface area contributed by atoms with E-state index in [0.717, 1.165) is 11.6 Å². The molecule has 2 atom stereocenters. The van der Waals surface area contributed by atoms with Gasteiger partial charge in [-0.05, 0) is 47.4 Å². The Kier molecular flexibility index (Phi) is 9.78. The van der Waals surface area contributed by atoms with Gasteiger partial charge in [0, 0.05) is 17.8 Å². The third kappa shape index (κ3) is 7.35. The van der Waals surface area contributed by atoms with Crippen LogP contribution in [0.2, 0.25) is 5.02 Å². The van der Waals surface area contributed by atoms with Crippen molar-refractivity contribution in [3.63, 3.8) is 0 Å². The van der Waals surface area contributed by atoms with Crippen molar-refractivity contribution in [3.8, 4) is 0 Å². The first-order chi connectivity index (χ1) is 17.6. The van der Waals surface area contributed by atoms with Crippen molar-refractivity contribution in [2.24, 2.45) is 5.92 Å². The van der Waals surface area contributed by atoms with E-state index in [-0.39, 0.29) is 27.8 Å². The minimum absolute atomic E-state index is 0.00471. The van der Waals surface area contributed by atoms with E-state index in [4.69, 9.17) is 11.6 Å². The highest BCUT2D eigenvalue weighted by atomic mass is 35.5. The number of hydrogen-bond donors (Lipinski definition) is 3. The van der Waals surface area contributed by atoms with Crippen molar-refractivity contribution in [3.05, 3.63) is 94.0 Å². The van der Waals surface area contributed by atoms with Crippen LogP contribution < -0.4 is 10.6 Å². The second-order valence-electron chi connectivity index (χ2n) is 9.00. The molecule has 2 unspecified atom stereocenters. The molecule has 0 radical (unpaired) electrons. The van der Waals surface area contributed by atoms with Crippen LogP contribution in [0.3, 0.4) is 0 Å². The summed E-state index contributed by atoms with van der Waals surface area (Å²) in [7, 11) is -3.37. The number of nitrogens with zero attached hydrogens (tertiary/aromatic N) is 1. The SMILES string of the molecule is CCS(=O)(=O)c1ccc(C(CO)NC(=O)c2cnc(C(NCc3ccc(Cl)cc3)C(C)C)c(F)c2)cc1. The van der Waals surface area contributed by atoms with Gasteiger partial charge in [-0.3, -0.25) is 9.78 Å². The number of aromatic nitrogens is 1. The molecule has 0 fully saturated rings. The lowest BCUT2D eigenvalue weighted by Gasteiger charge is -2.23. The average Bonchev–Trinajstić information content (AvgIpc) is 2.89. The molecule has 10 heteroatoms. The maximum atomic E-state index is 15.1. The molecule has 1 amide bonds. The predicted molar refractivity (Wildman–Crippen MR) is 142 cm³/mol. The zero-order valence-electron chi connectivity index (χ0n) is 20.9. The van der Waals surface area contributed by atoms with Crippen LogP contribution in [-0.2, 0) is 16.4 Å². The summed E-state index contributed by atoms with van der Waals surface area (Å²) in [6, 6.07) is 13.2. The molecule has 3 rings (SSSR count). The van der Waals surface area contributed by atoms with Gasteiger partial charge in [0.05, 0.1) is 40.6 Å². The fourth-order valence-electron chi connectivity index (χ4n) is 3.83. The largest absolute Gasteiger partial charge is 0.394 e. The van der Waals surface area contributed by atoms with Crippen molar-refractivity contribution in [1.82, 2.24) is 15.6 Å². The minimum Gasteiger partial charge on any atom is -0.394 e. The summed E-state index contributed by atoms with van der Waals surface area (Å²) in [4.78, 5) is 17.2. The molecule has 0 aliphatic rings. The Balaban J connectivity index is 1.73. The highest BCUT2D eigenvalue weighted by Crippen LogP contribution is 2.24. The molecule has 198 valence electrons. The molecular formula is C27H31ClFN3O4S. The minimum atomic E-state index is -3.37. The molecule has 0 spiro atoms. The lowest BCUT2D eigenvalue weighted by molar-refractivity contribution is 0.0915. The summed E-state index contributed by atoms with van der Waals surface area (Å²) in [5.74, 6) is -1.25. The third-order valence-electron chi connectivity index (χ3n) is 6.04. The topological polar surface area (TPSA) is 108 Å². The van der Waals surface area contributed by atoms with Crippen molar-refractivity contribution >= 4 is 27.3 Å². The van der Waals surface area contributed by atoms with Gasteiger partial charge in [-0.1, -0.05) is 56.6 Å². The van der Waals surface area contributed by atoms with Crippen LogP contribution in [0, 0.1) is 11.7 Å². The van der Waals surface area contributed by atoms with Crippen LogP contribution in [0.1, 0.15) is 60.0 Å². The van der Waals surface area contributed by atoms with Gasteiger partial charge in [0.1, 0.15) is 5.82 Å². The number of carbonyl (C=O) groups excluding carboxylic acids is 1. The van der Waals surface area contributed by atoms with Gasteiger partial charge in [-0.2, -0.15) is 0 Å². The normalized spacial score (nSPS) is 13.4. The van der Waals surface area contributed by atoms with Crippen LogP contribution >= 0.6 is 11.6 Å². The Morgan fingerprint density at radius 3 is 2.30 bits per heavy atom. The molecule has 3 aromatic rings. The summed E-state index contributed by atoms with van der Waals surface area (Å²) in [5.41, 5.74) is 1.71.